The summed E-state index contributed by atoms with van der Waals surface area (Å²) in [6, 6.07) is 0. The van der Waals surface area contributed by atoms with E-state index >= 15 is 0 Å². The Balaban J connectivity index is 4.25. The van der Waals surface area contributed by atoms with Crippen LogP contribution in [0.1, 0.15) is 41.0 Å². The first-order valence-electron chi connectivity index (χ1n) is 3.88. The van der Waals surface area contributed by atoms with Gasteiger partial charge in [0.05, 0.1) is 0 Å². The van der Waals surface area contributed by atoms with Crippen molar-refractivity contribution in [1.29, 1.82) is 0 Å². The van der Waals surface area contributed by atoms with Gasteiger partial charge in [0.1, 0.15) is 5.78 Å². The summed E-state index contributed by atoms with van der Waals surface area (Å²) >= 11 is 4.39. The highest BCUT2D eigenvalue weighted by atomic mass is 32.1. The molecule has 0 atom stereocenters. The van der Waals surface area contributed by atoms with Gasteiger partial charge >= 0.3 is 0 Å². The molecule has 0 fully saturated rings. The Morgan fingerprint density at radius 1 is 1.27 bits per heavy atom. The summed E-state index contributed by atoms with van der Waals surface area (Å²) in [5.74, 6) is 0.236. The quantitative estimate of drug-likeness (QED) is 0.651. The van der Waals surface area contributed by atoms with Gasteiger partial charge in [-0.15, -0.1) is 0 Å². The zero-order valence-electron chi connectivity index (χ0n) is 8.06. The van der Waals surface area contributed by atoms with Gasteiger partial charge in [-0.2, -0.15) is 12.6 Å². The van der Waals surface area contributed by atoms with Crippen molar-refractivity contribution in [1.82, 2.24) is 0 Å². The summed E-state index contributed by atoms with van der Waals surface area (Å²) in [6.07, 6.45) is 0.818. The monoisotopic (exact) mass is 174 g/mol. The highest BCUT2D eigenvalue weighted by molar-refractivity contribution is 7.81. The van der Waals surface area contributed by atoms with Crippen molar-refractivity contribution in [2.45, 2.75) is 45.8 Å². The summed E-state index contributed by atoms with van der Waals surface area (Å²) in [5, 5.41) is 0. The Kier molecular flexibility index (Phi) is 3.18. The lowest BCUT2D eigenvalue weighted by atomic mass is 9.80. The second-order valence-corrected chi connectivity index (χ2v) is 5.64. The van der Waals surface area contributed by atoms with E-state index in [1.807, 2.05) is 27.7 Å². The molecule has 0 aromatic carbocycles. The number of Topliss-reactive ketones (excluding diaryl/α,β-unsaturated/α-hetero) is 1. The summed E-state index contributed by atoms with van der Waals surface area (Å²) in [6.45, 7) is 9.63. The molecule has 1 nitrogen and oxygen atoms in total. The minimum Gasteiger partial charge on any atom is -0.299 e. The summed E-state index contributed by atoms with van der Waals surface area (Å²) in [4.78, 5) is 11.1. The van der Waals surface area contributed by atoms with Crippen molar-refractivity contribution in [2.24, 2.45) is 5.41 Å². The molecule has 0 aliphatic rings. The second-order valence-electron chi connectivity index (χ2n) is 4.43. The van der Waals surface area contributed by atoms with Gasteiger partial charge in [0.2, 0.25) is 0 Å². The van der Waals surface area contributed by atoms with Crippen LogP contribution in [0.5, 0.6) is 0 Å². The minimum absolute atomic E-state index is 0.0603. The molecule has 0 aromatic heterocycles. The predicted molar refractivity (Wildman–Crippen MR) is 52.1 cm³/mol. The molecule has 0 radical (unpaired) electrons. The molecule has 0 heterocycles. The fourth-order valence-electron chi connectivity index (χ4n) is 1.21. The van der Waals surface area contributed by atoms with E-state index in [2.05, 4.69) is 12.6 Å². The molecule has 0 aliphatic carbocycles. The topological polar surface area (TPSA) is 17.1 Å². The van der Waals surface area contributed by atoms with Crippen molar-refractivity contribution in [2.75, 3.05) is 0 Å². The normalized spacial score (nSPS) is 13.3. The number of carbonyl (C=O) groups is 1. The second kappa shape index (κ2) is 3.18. The maximum Gasteiger partial charge on any atom is 0.135 e. The molecular formula is C9H18OS. The smallest absolute Gasteiger partial charge is 0.135 e. The molecule has 2 heteroatoms. The SMILES string of the molecule is CC(=O)C(C)(C)CC(C)(C)S. The fourth-order valence-corrected chi connectivity index (χ4v) is 1.60. The van der Waals surface area contributed by atoms with Gasteiger partial charge < -0.3 is 0 Å². The Labute approximate surface area is 75.0 Å². The van der Waals surface area contributed by atoms with Crippen molar-refractivity contribution in [3.8, 4) is 0 Å². The molecule has 0 amide bonds. The van der Waals surface area contributed by atoms with Gasteiger partial charge in [-0.1, -0.05) is 27.7 Å². The number of hydrogen-bond acceptors (Lipinski definition) is 2. The van der Waals surface area contributed by atoms with Crippen LogP contribution in [-0.2, 0) is 4.79 Å². The summed E-state index contributed by atoms with van der Waals surface area (Å²) in [7, 11) is 0. The van der Waals surface area contributed by atoms with Crippen molar-refractivity contribution >= 4 is 18.4 Å². The van der Waals surface area contributed by atoms with Gasteiger partial charge in [-0.05, 0) is 13.3 Å². The van der Waals surface area contributed by atoms with Crippen LogP contribution in [-0.4, -0.2) is 10.5 Å². The average molecular weight is 174 g/mol. The number of hydrogen-bond donors (Lipinski definition) is 1. The zero-order chi connectivity index (χ0) is 9.28. The Bertz CT molecular complexity index is 153. The van der Waals surface area contributed by atoms with Crippen LogP contribution in [0.25, 0.3) is 0 Å². The molecule has 66 valence electrons. The molecule has 0 aliphatic heterocycles. The molecule has 0 aromatic rings. The lowest BCUT2D eigenvalue weighted by molar-refractivity contribution is -0.125. The standard InChI is InChI=1S/C9H18OS/c1-7(10)8(2,3)6-9(4,5)11/h11H,6H2,1-5H3. The maximum atomic E-state index is 11.1. The largest absolute Gasteiger partial charge is 0.299 e. The van der Waals surface area contributed by atoms with Crippen LogP contribution in [0.15, 0.2) is 0 Å². The molecule has 11 heavy (non-hydrogen) atoms. The van der Waals surface area contributed by atoms with Gasteiger partial charge in [-0.3, -0.25) is 4.79 Å². The Morgan fingerprint density at radius 3 is 1.73 bits per heavy atom. The molecule has 0 bridgehead atoms. The highest BCUT2D eigenvalue weighted by Crippen LogP contribution is 2.32. The van der Waals surface area contributed by atoms with Crippen LogP contribution in [0.2, 0.25) is 0 Å². The lowest BCUT2D eigenvalue weighted by Gasteiger charge is -2.29. The summed E-state index contributed by atoms with van der Waals surface area (Å²) in [5.41, 5.74) is -0.231. The first-order chi connectivity index (χ1) is 4.65. The van der Waals surface area contributed by atoms with E-state index in [-0.39, 0.29) is 15.9 Å². The molecule has 0 saturated heterocycles. The summed E-state index contributed by atoms with van der Waals surface area (Å²) < 4.78 is -0.0603. The molecule has 0 rings (SSSR count). The molecule has 0 unspecified atom stereocenters. The fraction of sp³-hybridized carbons (Fsp3) is 0.889. The Morgan fingerprint density at radius 2 is 1.64 bits per heavy atom. The molecular weight excluding hydrogens is 156 g/mol. The van der Waals surface area contributed by atoms with Crippen molar-refractivity contribution in [3.05, 3.63) is 0 Å². The van der Waals surface area contributed by atoms with Gasteiger partial charge in [0, 0.05) is 10.2 Å². The van der Waals surface area contributed by atoms with E-state index in [1.165, 1.54) is 0 Å². The van der Waals surface area contributed by atoms with Gasteiger partial charge in [0.15, 0.2) is 0 Å². The lowest BCUT2D eigenvalue weighted by Crippen LogP contribution is -2.29. The van der Waals surface area contributed by atoms with E-state index in [0.29, 0.717) is 0 Å². The van der Waals surface area contributed by atoms with E-state index < -0.39 is 0 Å². The first kappa shape index (κ1) is 11.0. The van der Waals surface area contributed by atoms with Gasteiger partial charge in [0.25, 0.3) is 0 Å². The predicted octanol–water partition coefficient (Wildman–Crippen LogP) is 2.70. The van der Waals surface area contributed by atoms with Crippen LogP contribution < -0.4 is 0 Å². The third-order valence-electron chi connectivity index (χ3n) is 1.83. The van der Waals surface area contributed by atoms with Gasteiger partial charge in [-0.25, -0.2) is 0 Å². The van der Waals surface area contributed by atoms with E-state index in [1.54, 1.807) is 6.92 Å². The number of carbonyl (C=O) groups excluding carboxylic acids is 1. The van der Waals surface area contributed by atoms with E-state index in [4.69, 9.17) is 0 Å². The first-order valence-corrected chi connectivity index (χ1v) is 4.33. The van der Waals surface area contributed by atoms with Crippen LogP contribution >= 0.6 is 12.6 Å². The molecule has 0 saturated carbocycles. The number of ketones is 1. The minimum atomic E-state index is -0.231. The van der Waals surface area contributed by atoms with Crippen LogP contribution in [0.4, 0.5) is 0 Å². The van der Waals surface area contributed by atoms with Crippen LogP contribution in [0.3, 0.4) is 0 Å². The number of thiol groups is 1. The van der Waals surface area contributed by atoms with E-state index in [9.17, 15) is 4.79 Å². The third-order valence-corrected chi connectivity index (χ3v) is 1.99. The molecule has 0 N–H and O–H groups in total. The zero-order valence-corrected chi connectivity index (χ0v) is 8.96. The average Bonchev–Trinajstić information content (AvgIpc) is 1.56. The van der Waals surface area contributed by atoms with Crippen LogP contribution in [0, 0.1) is 5.41 Å². The molecule has 0 spiro atoms. The third kappa shape index (κ3) is 4.46. The highest BCUT2D eigenvalue weighted by Gasteiger charge is 2.29. The van der Waals surface area contributed by atoms with E-state index in [0.717, 1.165) is 6.42 Å². The Hall–Kier alpha value is 0.0200. The maximum absolute atomic E-state index is 11.1. The van der Waals surface area contributed by atoms with Crippen molar-refractivity contribution < 1.29 is 4.79 Å². The number of rotatable bonds is 3. The van der Waals surface area contributed by atoms with Crippen molar-refractivity contribution in [3.63, 3.8) is 0 Å².